The molecule has 2 N–H and O–H groups in total. The fraction of sp³-hybridized carbons (Fsp3) is 0.800. The third-order valence-corrected chi connectivity index (χ3v) is 2.09. The van der Waals surface area contributed by atoms with E-state index in [4.69, 9.17) is 10.2 Å². The predicted octanol–water partition coefficient (Wildman–Crippen LogP) is 1.07. The Kier molecular flexibility index (Phi) is 3.82. The Morgan fingerprint density at radius 3 is 1.79 bits per heavy atom. The van der Waals surface area contributed by atoms with Crippen LogP contribution in [0.15, 0.2) is 0 Å². The fourth-order valence-electron chi connectivity index (χ4n) is 0.952. The molecule has 0 aromatic heterocycles. The zero-order valence-corrected chi connectivity index (χ0v) is 9.13. The highest BCUT2D eigenvalue weighted by Crippen LogP contribution is 2.27. The number of carbonyl (C=O) groups excluding carboxylic acids is 1. The standard InChI is InChI=1S/C10H18O4/c1-9(2,3)5-7(12)10(4,6-11)8(13)14/h11H,5-6H2,1-4H3,(H,13,14). The number of hydrogen-bond donors (Lipinski definition) is 2. The first-order chi connectivity index (χ1) is 6.13. The van der Waals surface area contributed by atoms with Crippen LogP contribution in [0.1, 0.15) is 34.1 Å². The third kappa shape index (κ3) is 3.10. The first-order valence-corrected chi connectivity index (χ1v) is 4.51. The van der Waals surface area contributed by atoms with Gasteiger partial charge in [-0.3, -0.25) is 9.59 Å². The maximum Gasteiger partial charge on any atom is 0.319 e. The minimum atomic E-state index is -1.66. The van der Waals surface area contributed by atoms with Gasteiger partial charge in [-0.2, -0.15) is 0 Å². The molecule has 0 aliphatic carbocycles. The van der Waals surface area contributed by atoms with Gasteiger partial charge in [0.05, 0.1) is 6.61 Å². The topological polar surface area (TPSA) is 74.6 Å². The Bertz CT molecular complexity index is 239. The molecule has 4 heteroatoms. The molecule has 0 spiro atoms. The van der Waals surface area contributed by atoms with Crippen molar-refractivity contribution in [3.05, 3.63) is 0 Å². The molecule has 82 valence electrons. The molecular weight excluding hydrogens is 184 g/mol. The van der Waals surface area contributed by atoms with E-state index < -0.39 is 23.8 Å². The Balaban J connectivity index is 4.73. The van der Waals surface area contributed by atoms with E-state index in [1.54, 1.807) is 0 Å². The zero-order valence-electron chi connectivity index (χ0n) is 9.13. The number of Topliss-reactive ketones (excluding diaryl/α,β-unsaturated/α-hetero) is 1. The van der Waals surface area contributed by atoms with Gasteiger partial charge in [-0.1, -0.05) is 20.8 Å². The first kappa shape index (κ1) is 13.1. The van der Waals surface area contributed by atoms with Crippen LogP contribution in [0.4, 0.5) is 0 Å². The molecular formula is C10H18O4. The second-order valence-corrected chi connectivity index (χ2v) is 4.96. The molecule has 1 unspecified atom stereocenters. The second-order valence-electron chi connectivity index (χ2n) is 4.96. The van der Waals surface area contributed by atoms with Crippen molar-refractivity contribution in [1.82, 2.24) is 0 Å². The monoisotopic (exact) mass is 202 g/mol. The summed E-state index contributed by atoms with van der Waals surface area (Å²) < 4.78 is 0. The van der Waals surface area contributed by atoms with Crippen molar-refractivity contribution >= 4 is 11.8 Å². The number of aliphatic carboxylic acids is 1. The highest BCUT2D eigenvalue weighted by molar-refractivity contribution is 6.03. The summed E-state index contributed by atoms with van der Waals surface area (Å²) in [6, 6.07) is 0. The number of ketones is 1. The van der Waals surface area contributed by atoms with Gasteiger partial charge in [0.15, 0.2) is 5.78 Å². The lowest BCUT2D eigenvalue weighted by atomic mass is 9.78. The van der Waals surface area contributed by atoms with Gasteiger partial charge in [-0.05, 0) is 12.3 Å². The third-order valence-electron chi connectivity index (χ3n) is 2.09. The first-order valence-electron chi connectivity index (χ1n) is 4.51. The fourth-order valence-corrected chi connectivity index (χ4v) is 0.952. The number of carboxylic acid groups (broad SMARTS) is 1. The average Bonchev–Trinajstić information content (AvgIpc) is 1.99. The van der Waals surface area contributed by atoms with Crippen molar-refractivity contribution in [2.75, 3.05) is 6.61 Å². The molecule has 0 amide bonds. The molecule has 0 aromatic carbocycles. The Morgan fingerprint density at radius 2 is 1.57 bits per heavy atom. The van der Waals surface area contributed by atoms with Gasteiger partial charge in [0.25, 0.3) is 0 Å². The van der Waals surface area contributed by atoms with Gasteiger partial charge in [-0.25, -0.2) is 0 Å². The molecule has 1 atom stereocenters. The Labute approximate surface area is 83.9 Å². The second kappa shape index (κ2) is 4.09. The number of hydrogen-bond acceptors (Lipinski definition) is 3. The summed E-state index contributed by atoms with van der Waals surface area (Å²) in [5, 5.41) is 17.7. The van der Waals surface area contributed by atoms with Crippen LogP contribution >= 0.6 is 0 Å². The van der Waals surface area contributed by atoms with Crippen LogP contribution in [0.2, 0.25) is 0 Å². The quantitative estimate of drug-likeness (QED) is 0.669. The smallest absolute Gasteiger partial charge is 0.319 e. The number of aliphatic hydroxyl groups is 1. The molecule has 0 aliphatic rings. The van der Waals surface area contributed by atoms with E-state index in [0.717, 1.165) is 0 Å². The molecule has 0 heterocycles. The molecule has 0 rings (SSSR count). The van der Waals surface area contributed by atoms with Crippen molar-refractivity contribution in [3.8, 4) is 0 Å². The van der Waals surface area contributed by atoms with E-state index in [9.17, 15) is 9.59 Å². The summed E-state index contributed by atoms with van der Waals surface area (Å²) in [4.78, 5) is 22.4. The van der Waals surface area contributed by atoms with Crippen LogP contribution in [0.5, 0.6) is 0 Å². The van der Waals surface area contributed by atoms with Gasteiger partial charge in [-0.15, -0.1) is 0 Å². The molecule has 14 heavy (non-hydrogen) atoms. The van der Waals surface area contributed by atoms with E-state index in [1.807, 2.05) is 20.8 Å². The number of carboxylic acids is 1. The van der Waals surface area contributed by atoms with E-state index >= 15 is 0 Å². The molecule has 0 aliphatic heterocycles. The molecule has 0 saturated carbocycles. The summed E-state index contributed by atoms with van der Waals surface area (Å²) in [6.07, 6.45) is 0.149. The summed E-state index contributed by atoms with van der Waals surface area (Å²) in [5.74, 6) is -1.70. The highest BCUT2D eigenvalue weighted by Gasteiger charge is 2.41. The van der Waals surface area contributed by atoms with Crippen LogP contribution < -0.4 is 0 Å². The summed E-state index contributed by atoms with van der Waals surface area (Å²) in [7, 11) is 0. The van der Waals surface area contributed by atoms with Gasteiger partial charge < -0.3 is 10.2 Å². The van der Waals surface area contributed by atoms with Crippen molar-refractivity contribution in [2.24, 2.45) is 10.8 Å². The minimum Gasteiger partial charge on any atom is -0.480 e. The maximum atomic E-state index is 11.6. The lowest BCUT2D eigenvalue weighted by molar-refractivity contribution is -0.157. The van der Waals surface area contributed by atoms with Crippen LogP contribution in [0.25, 0.3) is 0 Å². The zero-order chi connectivity index (χ0) is 11.6. The lowest BCUT2D eigenvalue weighted by Crippen LogP contribution is -2.41. The average molecular weight is 202 g/mol. The van der Waals surface area contributed by atoms with Crippen molar-refractivity contribution in [3.63, 3.8) is 0 Å². The van der Waals surface area contributed by atoms with Gasteiger partial charge >= 0.3 is 5.97 Å². The van der Waals surface area contributed by atoms with Crippen molar-refractivity contribution in [2.45, 2.75) is 34.1 Å². The van der Waals surface area contributed by atoms with Crippen LogP contribution in [0.3, 0.4) is 0 Å². The van der Waals surface area contributed by atoms with Gasteiger partial charge in [0, 0.05) is 6.42 Å². The molecule has 0 radical (unpaired) electrons. The Hall–Kier alpha value is -0.900. The molecule has 0 bridgehead atoms. The van der Waals surface area contributed by atoms with E-state index in [-0.39, 0.29) is 11.8 Å². The molecule has 0 saturated heterocycles. The van der Waals surface area contributed by atoms with E-state index in [0.29, 0.717) is 0 Å². The van der Waals surface area contributed by atoms with Crippen LogP contribution in [-0.4, -0.2) is 28.6 Å². The van der Waals surface area contributed by atoms with Crippen LogP contribution in [0, 0.1) is 10.8 Å². The minimum absolute atomic E-state index is 0.149. The van der Waals surface area contributed by atoms with Crippen molar-refractivity contribution < 1.29 is 19.8 Å². The normalized spacial score (nSPS) is 16.1. The lowest BCUT2D eigenvalue weighted by Gasteiger charge is -2.25. The largest absolute Gasteiger partial charge is 0.480 e. The number of rotatable bonds is 4. The van der Waals surface area contributed by atoms with E-state index in [2.05, 4.69) is 0 Å². The van der Waals surface area contributed by atoms with Gasteiger partial charge in [0.2, 0.25) is 0 Å². The van der Waals surface area contributed by atoms with Gasteiger partial charge in [0.1, 0.15) is 5.41 Å². The molecule has 4 nitrogen and oxygen atoms in total. The molecule has 0 aromatic rings. The molecule has 0 fully saturated rings. The predicted molar refractivity (Wildman–Crippen MR) is 51.9 cm³/mol. The number of aliphatic hydroxyl groups excluding tert-OH is 1. The number of carbonyl (C=O) groups is 2. The van der Waals surface area contributed by atoms with Crippen LogP contribution in [-0.2, 0) is 9.59 Å². The maximum absolute atomic E-state index is 11.6. The SMILES string of the molecule is CC(C)(C)CC(=O)C(C)(CO)C(=O)O. The van der Waals surface area contributed by atoms with E-state index in [1.165, 1.54) is 6.92 Å². The highest BCUT2D eigenvalue weighted by atomic mass is 16.4. The summed E-state index contributed by atoms with van der Waals surface area (Å²) >= 11 is 0. The van der Waals surface area contributed by atoms with Crippen molar-refractivity contribution in [1.29, 1.82) is 0 Å². The Morgan fingerprint density at radius 1 is 1.14 bits per heavy atom. The summed E-state index contributed by atoms with van der Waals surface area (Å²) in [6.45, 7) is 6.15. The summed E-state index contributed by atoms with van der Waals surface area (Å²) in [5.41, 5.74) is -1.92.